The molecule has 0 amide bonds. The third-order valence-corrected chi connectivity index (χ3v) is 5.05. The largest absolute Gasteiger partial charge is 0.479 e. The maximum atomic E-state index is 11.3. The summed E-state index contributed by atoms with van der Waals surface area (Å²) in [6, 6.07) is 0. The second-order valence-electron chi connectivity index (χ2n) is 6.90. The van der Waals surface area contributed by atoms with E-state index in [4.69, 9.17) is 30.3 Å². The summed E-state index contributed by atoms with van der Waals surface area (Å²) in [6.45, 7) is 0.316. The van der Waals surface area contributed by atoms with Crippen molar-refractivity contribution in [2.45, 2.75) is 55.9 Å². The summed E-state index contributed by atoms with van der Waals surface area (Å²) in [4.78, 5) is 15.9. The SMILES string of the molecule is C#CCO/N=C\C(O)[C@@H](O)[C@H](O[C@@H]1OC(COS(=O)(=O)O)[C@@H](OC)[C@H](O)C1C)C(O)C(=O)O. The number of hydrogen-bond donors (Lipinski definition) is 6. The molecule has 0 aromatic heterocycles. The van der Waals surface area contributed by atoms with Crippen molar-refractivity contribution in [3.63, 3.8) is 0 Å². The molecule has 15 nitrogen and oxygen atoms in total. The highest BCUT2D eigenvalue weighted by atomic mass is 32.3. The summed E-state index contributed by atoms with van der Waals surface area (Å²) in [6.07, 6.45) is -8.20. The number of aliphatic hydroxyl groups is 4. The van der Waals surface area contributed by atoms with Crippen molar-refractivity contribution >= 4 is 22.6 Å². The Morgan fingerprint density at radius 3 is 2.48 bits per heavy atom. The average molecular weight is 501 g/mol. The fourth-order valence-electron chi connectivity index (χ4n) is 2.89. The minimum absolute atomic E-state index is 0.254. The van der Waals surface area contributed by atoms with Gasteiger partial charge in [-0.25, -0.2) is 8.98 Å². The van der Waals surface area contributed by atoms with Crippen LogP contribution in [0.4, 0.5) is 0 Å². The van der Waals surface area contributed by atoms with Crippen LogP contribution in [0.5, 0.6) is 0 Å². The van der Waals surface area contributed by atoms with Crippen LogP contribution in [0.15, 0.2) is 5.16 Å². The molecule has 0 saturated carbocycles. The molecule has 190 valence electrons. The zero-order chi connectivity index (χ0) is 25.3. The molecule has 1 aliphatic rings. The van der Waals surface area contributed by atoms with E-state index >= 15 is 0 Å². The highest BCUT2D eigenvalue weighted by molar-refractivity contribution is 7.80. The number of carboxylic acid groups (broad SMARTS) is 1. The predicted molar refractivity (Wildman–Crippen MR) is 106 cm³/mol. The van der Waals surface area contributed by atoms with Crippen molar-refractivity contribution in [1.82, 2.24) is 0 Å². The predicted octanol–water partition coefficient (Wildman–Crippen LogP) is -3.27. The fraction of sp³-hybridized carbons (Fsp3) is 0.765. The molecular weight excluding hydrogens is 474 g/mol. The lowest BCUT2D eigenvalue weighted by molar-refractivity contribution is -0.311. The molecular formula is C17H27NO14S. The first-order valence-electron chi connectivity index (χ1n) is 9.33. The number of aliphatic hydroxyl groups excluding tert-OH is 4. The Kier molecular flexibility index (Phi) is 11.6. The first kappa shape index (κ1) is 29.1. The topological polar surface area (TPSA) is 231 Å². The fourth-order valence-corrected chi connectivity index (χ4v) is 3.19. The van der Waals surface area contributed by atoms with Crippen molar-refractivity contribution in [2.75, 3.05) is 20.3 Å². The molecule has 4 unspecified atom stereocenters. The molecule has 33 heavy (non-hydrogen) atoms. The Labute approximate surface area is 189 Å². The van der Waals surface area contributed by atoms with Gasteiger partial charge in [-0.05, 0) is 0 Å². The number of aliphatic carboxylic acids is 1. The van der Waals surface area contributed by atoms with E-state index in [-0.39, 0.29) is 6.61 Å². The zero-order valence-electron chi connectivity index (χ0n) is 17.6. The van der Waals surface area contributed by atoms with Gasteiger partial charge in [0.15, 0.2) is 19.0 Å². The molecule has 0 aromatic rings. The molecule has 0 spiro atoms. The summed E-state index contributed by atoms with van der Waals surface area (Å²) in [5.74, 6) is -0.712. The van der Waals surface area contributed by atoms with E-state index in [1.165, 1.54) is 14.0 Å². The van der Waals surface area contributed by atoms with Crippen LogP contribution >= 0.6 is 0 Å². The number of hydrogen-bond acceptors (Lipinski definition) is 13. The lowest BCUT2D eigenvalue weighted by Crippen LogP contribution is -2.59. The summed E-state index contributed by atoms with van der Waals surface area (Å²) in [5.41, 5.74) is 0. The number of nitrogens with zero attached hydrogens (tertiary/aromatic N) is 1. The normalized spacial score (nSPS) is 29.7. The van der Waals surface area contributed by atoms with Crippen LogP contribution in [0.2, 0.25) is 0 Å². The van der Waals surface area contributed by atoms with Gasteiger partial charge in [0, 0.05) is 13.0 Å². The number of oxime groups is 1. The van der Waals surface area contributed by atoms with E-state index < -0.39 is 77.9 Å². The van der Waals surface area contributed by atoms with E-state index in [1.54, 1.807) is 0 Å². The van der Waals surface area contributed by atoms with Crippen molar-refractivity contribution in [1.29, 1.82) is 0 Å². The second-order valence-corrected chi connectivity index (χ2v) is 7.99. The van der Waals surface area contributed by atoms with Gasteiger partial charge in [0.2, 0.25) is 0 Å². The summed E-state index contributed by atoms with van der Waals surface area (Å²) < 4.78 is 50.7. The van der Waals surface area contributed by atoms with Crippen LogP contribution in [0.3, 0.4) is 0 Å². The molecule has 6 N–H and O–H groups in total. The van der Waals surface area contributed by atoms with Crippen LogP contribution in [-0.2, 0) is 38.4 Å². The molecule has 0 aromatic carbocycles. The Morgan fingerprint density at radius 2 is 1.97 bits per heavy atom. The third kappa shape index (κ3) is 8.75. The first-order valence-corrected chi connectivity index (χ1v) is 10.7. The maximum absolute atomic E-state index is 11.3. The van der Waals surface area contributed by atoms with E-state index in [0.29, 0.717) is 6.21 Å². The summed E-state index contributed by atoms with van der Waals surface area (Å²) in [7, 11) is -3.69. The molecule has 1 aliphatic heterocycles. The zero-order valence-corrected chi connectivity index (χ0v) is 18.4. The molecule has 9 atom stereocenters. The molecule has 16 heteroatoms. The number of terminal acetylenes is 1. The van der Waals surface area contributed by atoms with Crippen molar-refractivity contribution < 1.29 is 66.5 Å². The van der Waals surface area contributed by atoms with Gasteiger partial charge in [0.05, 0.1) is 18.9 Å². The van der Waals surface area contributed by atoms with Gasteiger partial charge in [-0.3, -0.25) is 4.55 Å². The van der Waals surface area contributed by atoms with Gasteiger partial charge in [-0.2, -0.15) is 8.42 Å². The first-order chi connectivity index (χ1) is 15.3. The maximum Gasteiger partial charge on any atom is 0.397 e. The highest BCUT2D eigenvalue weighted by Crippen LogP contribution is 2.30. The van der Waals surface area contributed by atoms with Crippen LogP contribution < -0.4 is 0 Å². The van der Waals surface area contributed by atoms with Gasteiger partial charge in [-0.15, -0.1) is 6.42 Å². The molecule has 1 heterocycles. The van der Waals surface area contributed by atoms with Crippen molar-refractivity contribution in [3.8, 4) is 12.3 Å². The van der Waals surface area contributed by atoms with Crippen molar-refractivity contribution in [3.05, 3.63) is 0 Å². The quantitative estimate of drug-likeness (QED) is 0.0478. The Bertz CT molecular complexity index is 798. The van der Waals surface area contributed by atoms with E-state index in [9.17, 15) is 33.6 Å². The van der Waals surface area contributed by atoms with Gasteiger partial charge in [0.25, 0.3) is 0 Å². The van der Waals surface area contributed by atoms with Crippen LogP contribution in [0.25, 0.3) is 0 Å². The number of methoxy groups -OCH3 is 1. The van der Waals surface area contributed by atoms with Crippen molar-refractivity contribution in [2.24, 2.45) is 11.1 Å². The average Bonchev–Trinajstić information content (AvgIpc) is 2.74. The smallest absolute Gasteiger partial charge is 0.397 e. The monoisotopic (exact) mass is 501 g/mol. The lowest BCUT2D eigenvalue weighted by Gasteiger charge is -2.44. The highest BCUT2D eigenvalue weighted by Gasteiger charge is 2.47. The minimum atomic E-state index is -4.88. The number of rotatable bonds is 13. The molecule has 0 bridgehead atoms. The standard InChI is InChI=1S/C17H27NO14S/c1-4-5-29-18-6-9(19)12(21)15(13(22)16(23)24)32-17-8(2)11(20)14(28-3)10(31-17)7-30-33(25,26)27/h1,6,8-15,17,19-22H,5,7H2,2-3H3,(H,23,24)(H,25,26,27)/b18-6-/t8?,9?,10?,11-,12-,13?,14-,15+,17+/m1/s1. The van der Waals surface area contributed by atoms with E-state index in [0.717, 1.165) is 0 Å². The van der Waals surface area contributed by atoms with E-state index in [2.05, 4.69) is 20.1 Å². The lowest BCUT2D eigenvalue weighted by atomic mass is 9.92. The minimum Gasteiger partial charge on any atom is -0.479 e. The number of ether oxygens (including phenoxy) is 3. The van der Waals surface area contributed by atoms with E-state index in [1.807, 2.05) is 0 Å². The molecule has 0 radical (unpaired) electrons. The molecule has 1 rings (SSSR count). The molecule has 0 aliphatic carbocycles. The Balaban J connectivity index is 3.09. The molecule has 1 fully saturated rings. The second kappa shape index (κ2) is 13.1. The van der Waals surface area contributed by atoms with Gasteiger partial charge >= 0.3 is 16.4 Å². The summed E-state index contributed by atoms with van der Waals surface area (Å²) in [5, 5.41) is 53.3. The number of carbonyl (C=O) groups is 1. The van der Waals surface area contributed by atoms with Crippen LogP contribution in [0, 0.1) is 18.3 Å². The third-order valence-electron chi connectivity index (χ3n) is 4.61. The van der Waals surface area contributed by atoms with Crippen LogP contribution in [-0.4, -0.2) is 120 Å². The van der Waals surface area contributed by atoms with Crippen LogP contribution in [0.1, 0.15) is 6.92 Å². The Hall–Kier alpha value is -1.91. The van der Waals surface area contributed by atoms with Gasteiger partial charge < -0.3 is 44.6 Å². The van der Waals surface area contributed by atoms with Gasteiger partial charge in [0.1, 0.15) is 30.5 Å². The summed E-state index contributed by atoms with van der Waals surface area (Å²) >= 11 is 0. The van der Waals surface area contributed by atoms with Gasteiger partial charge in [-0.1, -0.05) is 18.0 Å². The molecule has 1 saturated heterocycles. The number of carboxylic acids is 1. The Morgan fingerprint density at radius 1 is 1.33 bits per heavy atom.